The Kier molecular flexibility index (Phi) is 4.29. The maximum Gasteiger partial charge on any atom is 0.0362 e. The van der Waals surface area contributed by atoms with Crippen LogP contribution < -0.4 is 5.73 Å². The molecule has 3 heteroatoms. The van der Waals surface area contributed by atoms with Gasteiger partial charge in [-0.1, -0.05) is 20.8 Å². The average Bonchev–Trinajstić information content (AvgIpc) is 2.58. The highest BCUT2D eigenvalue weighted by molar-refractivity contribution is 5.07. The first kappa shape index (κ1) is 15.3. The van der Waals surface area contributed by atoms with Crippen LogP contribution in [0.2, 0.25) is 0 Å². The van der Waals surface area contributed by atoms with Gasteiger partial charge in [0, 0.05) is 24.7 Å². The van der Waals surface area contributed by atoms with Crippen molar-refractivity contribution in [1.29, 1.82) is 0 Å². The minimum absolute atomic E-state index is 0.215. The molecule has 0 bridgehead atoms. The van der Waals surface area contributed by atoms with Crippen molar-refractivity contribution in [3.63, 3.8) is 0 Å². The number of nitrogens with two attached hydrogens (primary N) is 1. The normalized spacial score (nSPS) is 39.9. The summed E-state index contributed by atoms with van der Waals surface area (Å²) in [5, 5.41) is 0. The molecule has 2 aliphatic rings. The van der Waals surface area contributed by atoms with E-state index in [0.717, 1.165) is 6.54 Å². The lowest BCUT2D eigenvalue weighted by Crippen LogP contribution is -2.60. The Morgan fingerprint density at radius 2 is 2.05 bits per heavy atom. The zero-order valence-electron chi connectivity index (χ0n) is 13.6. The van der Waals surface area contributed by atoms with Crippen molar-refractivity contribution in [2.24, 2.45) is 17.1 Å². The molecule has 0 spiro atoms. The molecule has 1 saturated heterocycles. The largest absolute Gasteiger partial charge is 0.329 e. The van der Waals surface area contributed by atoms with Crippen molar-refractivity contribution in [3.05, 3.63) is 0 Å². The van der Waals surface area contributed by atoms with Crippen molar-refractivity contribution in [1.82, 2.24) is 9.80 Å². The van der Waals surface area contributed by atoms with Gasteiger partial charge in [-0.15, -0.1) is 0 Å². The lowest BCUT2D eigenvalue weighted by Gasteiger charge is -2.48. The molecule has 2 rings (SSSR count). The van der Waals surface area contributed by atoms with Crippen molar-refractivity contribution in [3.8, 4) is 0 Å². The molecule has 1 aliphatic heterocycles. The number of likely N-dealkylation sites (tertiary alicyclic amines) is 1. The standard InChI is InChI=1S/C16H33N3/c1-13-9-15(2,3)11-16(13,12-17)19(5)14-7-6-8-18(4)10-14/h13-14H,6-12,17H2,1-5H3. The second kappa shape index (κ2) is 5.34. The van der Waals surface area contributed by atoms with E-state index in [1.165, 1.54) is 38.8 Å². The number of nitrogens with zero attached hydrogens (tertiary/aromatic N) is 2. The third-order valence-electron chi connectivity index (χ3n) is 5.76. The number of hydrogen-bond donors (Lipinski definition) is 1. The van der Waals surface area contributed by atoms with E-state index >= 15 is 0 Å². The van der Waals surface area contributed by atoms with Crippen LogP contribution in [0.5, 0.6) is 0 Å². The van der Waals surface area contributed by atoms with Gasteiger partial charge in [0.05, 0.1) is 0 Å². The maximum atomic E-state index is 6.27. The summed E-state index contributed by atoms with van der Waals surface area (Å²) in [7, 11) is 4.58. The van der Waals surface area contributed by atoms with Crippen LogP contribution in [0.15, 0.2) is 0 Å². The molecule has 1 aliphatic carbocycles. The van der Waals surface area contributed by atoms with Crippen molar-refractivity contribution in [2.45, 2.75) is 58.0 Å². The highest BCUT2D eigenvalue weighted by Gasteiger charge is 2.51. The Hall–Kier alpha value is -0.120. The van der Waals surface area contributed by atoms with Crippen LogP contribution in [-0.2, 0) is 0 Å². The number of likely N-dealkylation sites (N-methyl/N-ethyl adjacent to an activating group) is 2. The molecule has 0 aromatic heterocycles. The molecule has 0 aromatic carbocycles. The van der Waals surface area contributed by atoms with Crippen molar-refractivity contribution >= 4 is 0 Å². The van der Waals surface area contributed by atoms with E-state index in [9.17, 15) is 0 Å². The third-order valence-corrected chi connectivity index (χ3v) is 5.76. The summed E-state index contributed by atoms with van der Waals surface area (Å²) in [6.07, 6.45) is 5.20. The van der Waals surface area contributed by atoms with Gasteiger partial charge in [0.25, 0.3) is 0 Å². The summed E-state index contributed by atoms with van der Waals surface area (Å²) >= 11 is 0. The molecular formula is C16H33N3. The molecule has 3 unspecified atom stereocenters. The Morgan fingerprint density at radius 3 is 2.53 bits per heavy atom. The molecule has 1 saturated carbocycles. The first-order valence-corrected chi connectivity index (χ1v) is 7.92. The van der Waals surface area contributed by atoms with E-state index < -0.39 is 0 Å². The van der Waals surface area contributed by atoms with Gasteiger partial charge in [0.1, 0.15) is 0 Å². The van der Waals surface area contributed by atoms with Gasteiger partial charge in [0.15, 0.2) is 0 Å². The summed E-state index contributed by atoms with van der Waals surface area (Å²) in [6.45, 7) is 10.5. The second-order valence-electron chi connectivity index (χ2n) is 7.92. The smallest absolute Gasteiger partial charge is 0.0362 e. The van der Waals surface area contributed by atoms with Crippen molar-refractivity contribution in [2.75, 3.05) is 33.7 Å². The summed E-state index contributed by atoms with van der Waals surface area (Å²) in [5.41, 5.74) is 6.92. The highest BCUT2D eigenvalue weighted by atomic mass is 15.3. The molecule has 0 radical (unpaired) electrons. The fourth-order valence-corrected chi connectivity index (χ4v) is 4.80. The Labute approximate surface area is 119 Å². The zero-order valence-corrected chi connectivity index (χ0v) is 13.6. The molecule has 2 N–H and O–H groups in total. The van der Waals surface area contributed by atoms with E-state index in [1.54, 1.807) is 0 Å². The molecule has 3 atom stereocenters. The average molecular weight is 267 g/mol. The Morgan fingerprint density at radius 1 is 1.37 bits per heavy atom. The zero-order chi connectivity index (χ0) is 14.3. The maximum absolute atomic E-state index is 6.27. The van der Waals surface area contributed by atoms with Gasteiger partial charge >= 0.3 is 0 Å². The summed E-state index contributed by atoms with van der Waals surface area (Å²) in [5.74, 6) is 0.699. The summed E-state index contributed by atoms with van der Waals surface area (Å²) < 4.78 is 0. The summed E-state index contributed by atoms with van der Waals surface area (Å²) in [4.78, 5) is 5.13. The molecule has 0 aromatic rings. The number of hydrogen-bond acceptors (Lipinski definition) is 3. The van der Waals surface area contributed by atoms with E-state index in [4.69, 9.17) is 5.73 Å². The van der Waals surface area contributed by atoms with E-state index in [-0.39, 0.29) is 5.54 Å². The van der Waals surface area contributed by atoms with Crippen LogP contribution in [0, 0.1) is 11.3 Å². The van der Waals surface area contributed by atoms with Crippen LogP contribution in [0.25, 0.3) is 0 Å². The van der Waals surface area contributed by atoms with Crippen molar-refractivity contribution < 1.29 is 0 Å². The van der Waals surface area contributed by atoms with Gasteiger partial charge in [0.2, 0.25) is 0 Å². The van der Waals surface area contributed by atoms with E-state index in [1.807, 2.05) is 0 Å². The second-order valence-corrected chi connectivity index (χ2v) is 7.92. The van der Waals surface area contributed by atoms with Crippen LogP contribution in [0.1, 0.15) is 46.5 Å². The predicted molar refractivity (Wildman–Crippen MR) is 82.2 cm³/mol. The minimum atomic E-state index is 0.215. The lowest BCUT2D eigenvalue weighted by molar-refractivity contribution is 0.0149. The Bertz CT molecular complexity index is 315. The van der Waals surface area contributed by atoms with Gasteiger partial charge in [-0.3, -0.25) is 4.90 Å². The van der Waals surface area contributed by atoms with E-state index in [2.05, 4.69) is 44.7 Å². The van der Waals surface area contributed by atoms with Gasteiger partial charge < -0.3 is 10.6 Å². The molecule has 19 heavy (non-hydrogen) atoms. The molecule has 2 fully saturated rings. The summed E-state index contributed by atoms with van der Waals surface area (Å²) in [6, 6.07) is 0.679. The van der Waals surface area contributed by atoms with E-state index in [0.29, 0.717) is 17.4 Å². The van der Waals surface area contributed by atoms with Crippen LogP contribution in [0.3, 0.4) is 0 Å². The lowest BCUT2D eigenvalue weighted by atomic mass is 9.83. The molecule has 0 amide bonds. The van der Waals surface area contributed by atoms with Crippen LogP contribution >= 0.6 is 0 Å². The quantitative estimate of drug-likeness (QED) is 0.850. The van der Waals surface area contributed by atoms with Crippen LogP contribution in [0.4, 0.5) is 0 Å². The fourth-order valence-electron chi connectivity index (χ4n) is 4.80. The Balaban J connectivity index is 2.16. The number of piperidine rings is 1. The topological polar surface area (TPSA) is 32.5 Å². The molecule has 1 heterocycles. The number of rotatable bonds is 3. The highest BCUT2D eigenvalue weighted by Crippen LogP contribution is 2.50. The first-order valence-electron chi connectivity index (χ1n) is 7.92. The SMILES string of the molecule is CC1CC(C)(C)CC1(CN)N(C)C1CCCN(C)C1. The minimum Gasteiger partial charge on any atom is -0.329 e. The fraction of sp³-hybridized carbons (Fsp3) is 1.00. The predicted octanol–water partition coefficient (Wildman–Crippen LogP) is 2.17. The van der Waals surface area contributed by atoms with Gasteiger partial charge in [-0.05, 0) is 57.7 Å². The van der Waals surface area contributed by atoms with Gasteiger partial charge in [-0.2, -0.15) is 0 Å². The molecule has 112 valence electrons. The van der Waals surface area contributed by atoms with Crippen LogP contribution in [-0.4, -0.2) is 55.1 Å². The first-order chi connectivity index (χ1) is 8.81. The third kappa shape index (κ3) is 2.84. The molecule has 3 nitrogen and oxygen atoms in total. The monoisotopic (exact) mass is 267 g/mol. The van der Waals surface area contributed by atoms with Gasteiger partial charge in [-0.25, -0.2) is 0 Å². The molecular weight excluding hydrogens is 234 g/mol.